The van der Waals surface area contributed by atoms with Crippen LogP contribution >= 0.6 is 0 Å². The Balaban J connectivity index is 2.50. The molecule has 0 aliphatic heterocycles. The highest BCUT2D eigenvalue weighted by atomic mass is 32.2. The lowest BCUT2D eigenvalue weighted by Gasteiger charge is -2.12. The highest BCUT2D eigenvalue weighted by Gasteiger charge is 2.17. The van der Waals surface area contributed by atoms with Crippen LogP contribution in [0.5, 0.6) is 17.2 Å². The fourth-order valence-corrected chi connectivity index (χ4v) is 3.00. The third kappa shape index (κ3) is 5.48. The number of hydrogen-bond acceptors (Lipinski definition) is 9. The molecule has 0 aromatic heterocycles. The SMILES string of the molecule is CO[SH](=O)=Nc1cc(C(=O)Nc2ccc(O)c(O)c2)cc(NS(C)(=O)=O)c1O. The number of phenols is 3. The van der Waals surface area contributed by atoms with Crippen molar-refractivity contribution in [2.24, 2.45) is 4.36 Å². The second-order valence-corrected chi connectivity index (χ2v) is 8.23. The van der Waals surface area contributed by atoms with Gasteiger partial charge in [-0.05, 0) is 24.3 Å². The summed E-state index contributed by atoms with van der Waals surface area (Å²) < 4.78 is 44.7. The zero-order valence-corrected chi connectivity index (χ0v) is 16.3. The molecule has 0 saturated heterocycles. The number of carbonyl (C=O) groups is 1. The molecule has 0 bridgehead atoms. The van der Waals surface area contributed by atoms with E-state index in [1.54, 1.807) is 0 Å². The number of phenolic OH excluding ortho intramolecular Hbond substituents is 3. The quantitative estimate of drug-likeness (QED) is 0.225. The summed E-state index contributed by atoms with van der Waals surface area (Å²) in [7, 11) is -5.26. The van der Waals surface area contributed by atoms with Gasteiger partial charge in [-0.25, -0.2) is 12.6 Å². The first kappa shape index (κ1) is 21.3. The van der Waals surface area contributed by atoms with Crippen molar-refractivity contribution < 1.29 is 36.9 Å². The molecule has 0 aliphatic rings. The Morgan fingerprint density at radius 2 is 1.82 bits per heavy atom. The molecule has 0 heterocycles. The van der Waals surface area contributed by atoms with Gasteiger partial charge in [0, 0.05) is 17.3 Å². The first-order chi connectivity index (χ1) is 13.0. The fourth-order valence-electron chi connectivity index (χ4n) is 2.04. The van der Waals surface area contributed by atoms with E-state index in [4.69, 9.17) is 0 Å². The normalized spacial score (nSPS) is 12.5. The van der Waals surface area contributed by atoms with Crippen molar-refractivity contribution in [3.8, 4) is 17.2 Å². The number of sulfonamides is 1. The molecule has 0 spiro atoms. The lowest BCUT2D eigenvalue weighted by Crippen LogP contribution is -2.14. The van der Waals surface area contributed by atoms with Crippen LogP contribution in [-0.4, -0.2) is 47.2 Å². The largest absolute Gasteiger partial charge is 0.504 e. The molecular formula is C15H17N3O8S2. The minimum Gasteiger partial charge on any atom is -0.504 e. The lowest BCUT2D eigenvalue weighted by molar-refractivity contribution is 0.102. The van der Waals surface area contributed by atoms with E-state index in [-0.39, 0.29) is 28.4 Å². The minimum absolute atomic E-state index is 0.132. The molecule has 2 aromatic carbocycles. The van der Waals surface area contributed by atoms with Crippen LogP contribution in [0.3, 0.4) is 0 Å². The number of anilines is 2. The summed E-state index contributed by atoms with van der Waals surface area (Å²) in [5.41, 5.74) is -0.709. The van der Waals surface area contributed by atoms with Gasteiger partial charge in [-0.3, -0.25) is 13.7 Å². The van der Waals surface area contributed by atoms with Gasteiger partial charge in [-0.2, -0.15) is 4.36 Å². The number of benzene rings is 2. The highest BCUT2D eigenvalue weighted by molar-refractivity contribution is 7.92. The van der Waals surface area contributed by atoms with Gasteiger partial charge in [-0.15, -0.1) is 0 Å². The standard InChI is InChI=1S/C15H17N3O8S2/c1-26-27(23)17-10-5-8(6-11(14(10)21)18-28(2,24)25)15(22)16-9-3-4-12(19)13(20)7-9/h3-7,18-21,27H,1-2H3,(H,16,22). The zero-order chi connectivity index (χ0) is 21.1. The maximum atomic E-state index is 12.5. The van der Waals surface area contributed by atoms with Crippen LogP contribution in [0.4, 0.5) is 17.1 Å². The molecule has 1 amide bonds. The molecule has 1 unspecified atom stereocenters. The predicted octanol–water partition coefficient (Wildman–Crippen LogP) is 1.28. The molecule has 5 N–H and O–H groups in total. The van der Waals surface area contributed by atoms with Gasteiger partial charge in [0.05, 0.1) is 19.1 Å². The third-order valence-electron chi connectivity index (χ3n) is 3.23. The summed E-state index contributed by atoms with van der Waals surface area (Å²) in [4.78, 5) is 12.5. The Morgan fingerprint density at radius 1 is 1.14 bits per heavy atom. The first-order valence-electron chi connectivity index (χ1n) is 7.41. The zero-order valence-electron chi connectivity index (χ0n) is 14.6. The van der Waals surface area contributed by atoms with Crippen molar-refractivity contribution in [1.29, 1.82) is 0 Å². The van der Waals surface area contributed by atoms with E-state index in [1.165, 1.54) is 6.07 Å². The summed E-state index contributed by atoms with van der Waals surface area (Å²) in [5, 5.41) is 31.4. The van der Waals surface area contributed by atoms with Crippen LogP contribution in [0.15, 0.2) is 34.7 Å². The van der Waals surface area contributed by atoms with E-state index in [0.717, 1.165) is 37.6 Å². The van der Waals surface area contributed by atoms with Crippen LogP contribution in [-0.2, 0) is 25.1 Å². The summed E-state index contributed by atoms with van der Waals surface area (Å²) in [6.07, 6.45) is 0.838. The topological polar surface area (TPSA) is 175 Å². The summed E-state index contributed by atoms with van der Waals surface area (Å²) in [6, 6.07) is 5.69. The van der Waals surface area contributed by atoms with Crippen LogP contribution < -0.4 is 10.0 Å². The Bertz CT molecular complexity index is 1110. The van der Waals surface area contributed by atoms with Gasteiger partial charge in [0.25, 0.3) is 5.91 Å². The molecule has 1 atom stereocenters. The third-order valence-corrected chi connectivity index (χ3v) is 4.51. The Labute approximate surface area is 162 Å². The Hall–Kier alpha value is -3.03. The van der Waals surface area contributed by atoms with Crippen molar-refractivity contribution >= 4 is 43.9 Å². The van der Waals surface area contributed by atoms with Crippen molar-refractivity contribution in [3.63, 3.8) is 0 Å². The second kappa shape index (κ2) is 8.33. The smallest absolute Gasteiger partial charge is 0.255 e. The molecule has 0 fully saturated rings. The van der Waals surface area contributed by atoms with Crippen LogP contribution in [0.25, 0.3) is 0 Å². The van der Waals surface area contributed by atoms with E-state index in [2.05, 4.69) is 13.9 Å². The number of thiol groups is 1. The van der Waals surface area contributed by atoms with Crippen LogP contribution in [0.2, 0.25) is 0 Å². The van der Waals surface area contributed by atoms with E-state index in [0.29, 0.717) is 0 Å². The Morgan fingerprint density at radius 3 is 2.39 bits per heavy atom. The van der Waals surface area contributed by atoms with Gasteiger partial charge in [-0.1, -0.05) is 0 Å². The Kier molecular flexibility index (Phi) is 6.33. The molecule has 152 valence electrons. The summed E-state index contributed by atoms with van der Waals surface area (Å²) in [5.74, 6) is -2.25. The van der Waals surface area contributed by atoms with Gasteiger partial charge >= 0.3 is 0 Å². The number of carbonyl (C=O) groups excluding carboxylic acids is 1. The number of rotatable bonds is 6. The molecule has 2 rings (SSSR count). The average Bonchev–Trinajstić information content (AvgIpc) is 2.60. The maximum absolute atomic E-state index is 12.5. The molecule has 28 heavy (non-hydrogen) atoms. The second-order valence-electron chi connectivity index (χ2n) is 5.44. The molecule has 2 aromatic rings. The fraction of sp³-hybridized carbons (Fsp3) is 0.133. The molecule has 0 saturated carbocycles. The van der Waals surface area contributed by atoms with Gasteiger partial charge < -0.3 is 20.6 Å². The lowest BCUT2D eigenvalue weighted by atomic mass is 10.1. The maximum Gasteiger partial charge on any atom is 0.255 e. The van der Waals surface area contributed by atoms with Gasteiger partial charge in [0.1, 0.15) is 5.69 Å². The van der Waals surface area contributed by atoms with E-state index in [1.807, 2.05) is 4.72 Å². The number of nitrogens with one attached hydrogen (secondary N) is 2. The first-order valence-corrected chi connectivity index (χ1v) is 10.4. The van der Waals surface area contributed by atoms with Crippen molar-refractivity contribution in [1.82, 2.24) is 0 Å². The van der Waals surface area contributed by atoms with Crippen LogP contribution in [0.1, 0.15) is 10.4 Å². The number of hydrogen-bond donors (Lipinski definition) is 6. The van der Waals surface area contributed by atoms with Crippen molar-refractivity contribution in [3.05, 3.63) is 35.9 Å². The van der Waals surface area contributed by atoms with Gasteiger partial charge in [0.15, 0.2) is 28.1 Å². The summed E-state index contributed by atoms with van der Waals surface area (Å²) in [6.45, 7) is 0. The number of nitrogens with zero attached hydrogens (tertiary/aromatic N) is 1. The monoisotopic (exact) mass is 431 g/mol. The highest BCUT2D eigenvalue weighted by Crippen LogP contribution is 2.37. The van der Waals surface area contributed by atoms with E-state index >= 15 is 0 Å². The molecule has 0 radical (unpaired) electrons. The van der Waals surface area contributed by atoms with Crippen molar-refractivity contribution in [2.75, 3.05) is 23.4 Å². The number of amides is 1. The molecule has 0 aliphatic carbocycles. The van der Waals surface area contributed by atoms with E-state index < -0.39 is 38.3 Å². The predicted molar refractivity (Wildman–Crippen MR) is 103 cm³/mol. The molecular weight excluding hydrogens is 414 g/mol. The van der Waals surface area contributed by atoms with E-state index in [9.17, 15) is 32.7 Å². The molecule has 13 heteroatoms. The summed E-state index contributed by atoms with van der Waals surface area (Å²) >= 11 is 0. The minimum atomic E-state index is -3.81. The average molecular weight is 431 g/mol. The van der Waals surface area contributed by atoms with Gasteiger partial charge in [0.2, 0.25) is 10.0 Å². The van der Waals surface area contributed by atoms with Crippen LogP contribution in [0, 0.1) is 0 Å². The van der Waals surface area contributed by atoms with Crippen molar-refractivity contribution in [2.45, 2.75) is 0 Å². The number of aromatic hydroxyl groups is 3. The molecule has 11 nitrogen and oxygen atoms in total.